The Bertz CT molecular complexity index is 645. The van der Waals surface area contributed by atoms with E-state index in [9.17, 15) is 0 Å². The first kappa shape index (κ1) is 14.1. The van der Waals surface area contributed by atoms with Crippen LogP contribution in [0.4, 0.5) is 5.69 Å². The van der Waals surface area contributed by atoms with E-state index >= 15 is 0 Å². The third-order valence-electron chi connectivity index (χ3n) is 3.27. The normalized spacial score (nSPS) is 12.9. The lowest BCUT2D eigenvalue weighted by Crippen LogP contribution is -2.15. The summed E-state index contributed by atoms with van der Waals surface area (Å²) in [5.74, 6) is 2.45. The Morgan fingerprint density at radius 2 is 1.90 bits per heavy atom. The van der Waals surface area contributed by atoms with Crippen molar-refractivity contribution in [3.05, 3.63) is 46.4 Å². The zero-order chi connectivity index (χ0) is 14.7. The lowest BCUT2D eigenvalue weighted by molar-refractivity contribution is 0.171. The Balaban J connectivity index is 1.74. The topological polar surface area (TPSA) is 39.7 Å². The average molecular weight is 350 g/mol. The molecule has 0 amide bonds. The van der Waals surface area contributed by atoms with Gasteiger partial charge in [-0.15, -0.1) is 0 Å². The van der Waals surface area contributed by atoms with Gasteiger partial charge >= 0.3 is 0 Å². The quantitative estimate of drug-likeness (QED) is 0.910. The van der Waals surface area contributed by atoms with Crippen LogP contribution in [0.2, 0.25) is 0 Å². The SMILES string of the molecule is COc1ccc(Br)cc1CNc1ccc2c(c1)OCCO2. The molecule has 0 atom stereocenters. The first-order valence-corrected chi connectivity index (χ1v) is 7.51. The van der Waals surface area contributed by atoms with Crippen LogP contribution < -0.4 is 19.5 Å². The lowest BCUT2D eigenvalue weighted by Gasteiger charge is -2.19. The highest BCUT2D eigenvalue weighted by atomic mass is 79.9. The fraction of sp³-hybridized carbons (Fsp3) is 0.250. The summed E-state index contributed by atoms with van der Waals surface area (Å²) in [6, 6.07) is 11.8. The molecule has 110 valence electrons. The lowest BCUT2D eigenvalue weighted by atomic mass is 10.2. The highest BCUT2D eigenvalue weighted by Gasteiger charge is 2.12. The Kier molecular flexibility index (Phi) is 4.20. The number of methoxy groups -OCH3 is 1. The molecule has 2 aromatic rings. The number of hydrogen-bond acceptors (Lipinski definition) is 4. The van der Waals surface area contributed by atoms with E-state index in [1.165, 1.54) is 0 Å². The maximum Gasteiger partial charge on any atom is 0.163 e. The van der Waals surface area contributed by atoms with Crippen LogP contribution in [0.5, 0.6) is 17.2 Å². The maximum atomic E-state index is 5.58. The van der Waals surface area contributed by atoms with Crippen LogP contribution in [0.3, 0.4) is 0 Å². The second-order valence-corrected chi connectivity index (χ2v) is 5.58. The molecule has 0 fully saturated rings. The van der Waals surface area contributed by atoms with Gasteiger partial charge in [0.05, 0.1) is 7.11 Å². The molecule has 1 heterocycles. The molecule has 0 aliphatic carbocycles. The number of fused-ring (bicyclic) bond motifs is 1. The maximum absolute atomic E-state index is 5.58. The van der Waals surface area contributed by atoms with Crippen molar-refractivity contribution in [3.8, 4) is 17.2 Å². The van der Waals surface area contributed by atoms with Gasteiger partial charge in [-0.25, -0.2) is 0 Å². The predicted molar refractivity (Wildman–Crippen MR) is 85.5 cm³/mol. The number of nitrogens with one attached hydrogen (secondary N) is 1. The molecule has 4 nitrogen and oxygen atoms in total. The van der Waals surface area contributed by atoms with Crippen LogP contribution >= 0.6 is 15.9 Å². The number of rotatable bonds is 4. The van der Waals surface area contributed by atoms with E-state index < -0.39 is 0 Å². The summed E-state index contributed by atoms with van der Waals surface area (Å²) in [5, 5.41) is 3.38. The molecule has 0 saturated heterocycles. The summed E-state index contributed by atoms with van der Waals surface area (Å²) in [4.78, 5) is 0. The fourth-order valence-corrected chi connectivity index (χ4v) is 2.64. The van der Waals surface area contributed by atoms with Gasteiger partial charge < -0.3 is 19.5 Å². The molecular weight excluding hydrogens is 334 g/mol. The predicted octanol–water partition coefficient (Wildman–Crippen LogP) is 3.84. The summed E-state index contributed by atoms with van der Waals surface area (Å²) in [7, 11) is 1.68. The molecule has 5 heteroatoms. The Morgan fingerprint density at radius 3 is 2.71 bits per heavy atom. The van der Waals surface area contributed by atoms with E-state index in [0.717, 1.165) is 33.0 Å². The van der Waals surface area contributed by atoms with Crippen LogP contribution in [0.25, 0.3) is 0 Å². The van der Waals surface area contributed by atoms with Gasteiger partial charge in [0.2, 0.25) is 0 Å². The monoisotopic (exact) mass is 349 g/mol. The molecule has 1 N–H and O–H groups in total. The Labute approximate surface area is 132 Å². The van der Waals surface area contributed by atoms with Gasteiger partial charge in [0.25, 0.3) is 0 Å². The van der Waals surface area contributed by atoms with Crippen LogP contribution in [0, 0.1) is 0 Å². The molecule has 1 aliphatic rings. The summed E-state index contributed by atoms with van der Waals surface area (Å²) in [6.45, 7) is 1.87. The molecule has 0 unspecified atom stereocenters. The smallest absolute Gasteiger partial charge is 0.163 e. The highest BCUT2D eigenvalue weighted by molar-refractivity contribution is 9.10. The standard InChI is InChI=1S/C16H16BrNO3/c1-19-14-4-2-12(17)8-11(14)10-18-13-3-5-15-16(9-13)21-7-6-20-15/h2-5,8-9,18H,6-7,10H2,1H3. The van der Waals surface area contributed by atoms with Crippen LogP contribution in [-0.4, -0.2) is 20.3 Å². The zero-order valence-electron chi connectivity index (χ0n) is 11.7. The Morgan fingerprint density at radius 1 is 1.10 bits per heavy atom. The van der Waals surface area contributed by atoms with E-state index in [0.29, 0.717) is 19.8 Å². The van der Waals surface area contributed by atoms with E-state index in [-0.39, 0.29) is 0 Å². The van der Waals surface area contributed by atoms with Gasteiger partial charge in [0, 0.05) is 28.3 Å². The zero-order valence-corrected chi connectivity index (χ0v) is 13.3. The molecule has 21 heavy (non-hydrogen) atoms. The third kappa shape index (κ3) is 3.24. The number of ether oxygens (including phenoxy) is 3. The minimum absolute atomic E-state index is 0.593. The van der Waals surface area contributed by atoms with Gasteiger partial charge in [-0.05, 0) is 30.3 Å². The summed E-state index contributed by atoms with van der Waals surface area (Å²) >= 11 is 3.48. The van der Waals surface area contributed by atoms with E-state index in [2.05, 4.69) is 21.2 Å². The van der Waals surface area contributed by atoms with Crippen LogP contribution in [0.1, 0.15) is 5.56 Å². The minimum Gasteiger partial charge on any atom is -0.496 e. The van der Waals surface area contributed by atoms with Crippen molar-refractivity contribution in [2.75, 3.05) is 25.6 Å². The van der Waals surface area contributed by atoms with Crippen molar-refractivity contribution in [2.24, 2.45) is 0 Å². The van der Waals surface area contributed by atoms with E-state index in [4.69, 9.17) is 14.2 Å². The second-order valence-electron chi connectivity index (χ2n) is 4.67. The molecule has 0 saturated carbocycles. The Hall–Kier alpha value is -1.88. The van der Waals surface area contributed by atoms with Crippen molar-refractivity contribution >= 4 is 21.6 Å². The van der Waals surface area contributed by atoms with Gasteiger partial charge in [-0.3, -0.25) is 0 Å². The van der Waals surface area contributed by atoms with Crippen LogP contribution in [0.15, 0.2) is 40.9 Å². The second kappa shape index (κ2) is 6.26. The van der Waals surface area contributed by atoms with E-state index in [1.807, 2.05) is 36.4 Å². The number of anilines is 1. The number of hydrogen-bond donors (Lipinski definition) is 1. The van der Waals surface area contributed by atoms with Gasteiger partial charge in [-0.2, -0.15) is 0 Å². The van der Waals surface area contributed by atoms with E-state index in [1.54, 1.807) is 7.11 Å². The van der Waals surface area contributed by atoms with Crippen molar-refractivity contribution in [3.63, 3.8) is 0 Å². The largest absolute Gasteiger partial charge is 0.496 e. The van der Waals surface area contributed by atoms with Crippen molar-refractivity contribution in [2.45, 2.75) is 6.54 Å². The third-order valence-corrected chi connectivity index (χ3v) is 3.76. The van der Waals surface area contributed by atoms with Gasteiger partial charge in [0.15, 0.2) is 11.5 Å². The molecule has 3 rings (SSSR count). The average Bonchev–Trinajstić information content (AvgIpc) is 2.53. The van der Waals surface area contributed by atoms with Gasteiger partial charge in [-0.1, -0.05) is 15.9 Å². The highest BCUT2D eigenvalue weighted by Crippen LogP contribution is 2.33. The molecule has 1 aliphatic heterocycles. The molecule has 0 bridgehead atoms. The molecule has 0 aromatic heterocycles. The fourth-order valence-electron chi connectivity index (χ4n) is 2.24. The van der Waals surface area contributed by atoms with Gasteiger partial charge in [0.1, 0.15) is 19.0 Å². The summed E-state index contributed by atoms with van der Waals surface area (Å²) in [6.07, 6.45) is 0. The first-order valence-electron chi connectivity index (χ1n) is 6.72. The molecule has 0 radical (unpaired) electrons. The minimum atomic E-state index is 0.593. The molecular formula is C16H16BrNO3. The summed E-state index contributed by atoms with van der Waals surface area (Å²) < 4.78 is 17.5. The first-order chi connectivity index (χ1) is 10.3. The summed E-state index contributed by atoms with van der Waals surface area (Å²) in [5.41, 5.74) is 2.07. The van der Waals surface area contributed by atoms with Crippen molar-refractivity contribution < 1.29 is 14.2 Å². The number of halogens is 1. The molecule has 0 spiro atoms. The molecule has 2 aromatic carbocycles. The van der Waals surface area contributed by atoms with Crippen molar-refractivity contribution in [1.82, 2.24) is 0 Å². The van der Waals surface area contributed by atoms with Crippen LogP contribution in [-0.2, 0) is 6.54 Å². The number of benzene rings is 2. The van der Waals surface area contributed by atoms with Crippen molar-refractivity contribution in [1.29, 1.82) is 0 Å².